The lowest BCUT2D eigenvalue weighted by Gasteiger charge is -2.22. The summed E-state index contributed by atoms with van der Waals surface area (Å²) in [7, 11) is 1.60. The number of carbonyl (C=O) groups excluding carboxylic acids is 2. The minimum absolute atomic E-state index is 0.0520. The van der Waals surface area contributed by atoms with Crippen molar-refractivity contribution in [2.75, 3.05) is 20.1 Å². The van der Waals surface area contributed by atoms with Crippen molar-refractivity contribution >= 4 is 11.8 Å². The highest BCUT2D eigenvalue weighted by atomic mass is 16.2. The molecule has 1 aliphatic rings. The number of carbonyl (C=O) groups is 2. The Kier molecular flexibility index (Phi) is 4.29. The maximum Gasteiger partial charge on any atom is 0.233 e. The van der Waals surface area contributed by atoms with Crippen LogP contribution in [0.1, 0.15) is 26.7 Å². The van der Waals surface area contributed by atoms with Gasteiger partial charge in [-0.3, -0.25) is 9.59 Å². The minimum Gasteiger partial charge on any atom is -0.359 e. The number of hydrogen-bond acceptors (Lipinski definition) is 3. The fourth-order valence-corrected chi connectivity index (χ4v) is 1.33. The van der Waals surface area contributed by atoms with Crippen LogP contribution in [-0.4, -0.2) is 38.0 Å². The van der Waals surface area contributed by atoms with Gasteiger partial charge in [0.2, 0.25) is 11.8 Å². The smallest absolute Gasteiger partial charge is 0.233 e. The summed E-state index contributed by atoms with van der Waals surface area (Å²) in [6, 6.07) is 0.526. The van der Waals surface area contributed by atoms with E-state index in [0.29, 0.717) is 19.1 Å². The van der Waals surface area contributed by atoms with E-state index in [2.05, 4.69) is 16.0 Å². The molecule has 0 radical (unpaired) electrons. The molecule has 1 aliphatic carbocycles. The summed E-state index contributed by atoms with van der Waals surface area (Å²) >= 11 is 0. The number of amides is 2. The van der Waals surface area contributed by atoms with Crippen LogP contribution >= 0.6 is 0 Å². The third-order valence-corrected chi connectivity index (χ3v) is 2.70. The van der Waals surface area contributed by atoms with Crippen molar-refractivity contribution in [3.8, 4) is 0 Å². The van der Waals surface area contributed by atoms with Crippen LogP contribution in [0, 0.1) is 5.41 Å². The van der Waals surface area contributed by atoms with E-state index in [0.717, 1.165) is 12.8 Å². The lowest BCUT2D eigenvalue weighted by atomic mass is 9.92. The largest absolute Gasteiger partial charge is 0.359 e. The van der Waals surface area contributed by atoms with Crippen molar-refractivity contribution in [3.63, 3.8) is 0 Å². The summed E-state index contributed by atoms with van der Waals surface area (Å²) in [6.45, 7) is 4.31. The third kappa shape index (κ3) is 4.18. The molecule has 0 aromatic carbocycles. The molecule has 0 atom stereocenters. The van der Waals surface area contributed by atoms with E-state index in [-0.39, 0.29) is 11.8 Å². The van der Waals surface area contributed by atoms with Gasteiger partial charge in [-0.1, -0.05) is 0 Å². The Morgan fingerprint density at radius 2 is 1.94 bits per heavy atom. The third-order valence-electron chi connectivity index (χ3n) is 2.70. The van der Waals surface area contributed by atoms with Gasteiger partial charge in [0.1, 0.15) is 0 Å². The van der Waals surface area contributed by atoms with Crippen molar-refractivity contribution in [1.82, 2.24) is 16.0 Å². The number of nitrogens with one attached hydrogen (secondary N) is 3. The van der Waals surface area contributed by atoms with Gasteiger partial charge in [-0.2, -0.15) is 0 Å². The molecule has 92 valence electrons. The molecule has 0 heterocycles. The van der Waals surface area contributed by atoms with Crippen LogP contribution in [0.5, 0.6) is 0 Å². The molecule has 0 aromatic rings. The van der Waals surface area contributed by atoms with Crippen LogP contribution in [-0.2, 0) is 9.59 Å². The summed E-state index contributed by atoms with van der Waals surface area (Å²) in [5.41, 5.74) is -0.565. The van der Waals surface area contributed by atoms with Gasteiger partial charge < -0.3 is 16.0 Å². The molecule has 0 unspecified atom stereocenters. The minimum atomic E-state index is -0.565. The van der Waals surface area contributed by atoms with Crippen molar-refractivity contribution in [2.45, 2.75) is 32.7 Å². The maximum absolute atomic E-state index is 11.4. The molecule has 1 saturated carbocycles. The molecular formula is C11H21N3O2. The Morgan fingerprint density at radius 3 is 2.44 bits per heavy atom. The van der Waals surface area contributed by atoms with Gasteiger partial charge in [-0.15, -0.1) is 0 Å². The van der Waals surface area contributed by atoms with Gasteiger partial charge in [0.25, 0.3) is 0 Å². The van der Waals surface area contributed by atoms with Gasteiger partial charge in [0.05, 0.1) is 12.0 Å². The second-order valence-electron chi connectivity index (χ2n) is 4.89. The van der Waals surface area contributed by atoms with Gasteiger partial charge >= 0.3 is 0 Å². The molecule has 16 heavy (non-hydrogen) atoms. The fourth-order valence-electron chi connectivity index (χ4n) is 1.33. The Labute approximate surface area is 96.4 Å². The quantitative estimate of drug-likeness (QED) is 0.579. The Balaban J connectivity index is 2.20. The molecular weight excluding hydrogens is 206 g/mol. The summed E-state index contributed by atoms with van der Waals surface area (Å²) < 4.78 is 0. The molecule has 0 aromatic heterocycles. The first-order valence-electron chi connectivity index (χ1n) is 5.68. The van der Waals surface area contributed by atoms with Gasteiger partial charge in [-0.25, -0.2) is 0 Å². The molecule has 2 amide bonds. The van der Waals surface area contributed by atoms with Crippen LogP contribution in [0.4, 0.5) is 0 Å². The summed E-state index contributed by atoms with van der Waals surface area (Å²) in [5, 5.41) is 8.47. The first-order valence-corrected chi connectivity index (χ1v) is 5.68. The average Bonchev–Trinajstić information content (AvgIpc) is 3.06. The van der Waals surface area contributed by atoms with E-state index in [9.17, 15) is 9.59 Å². The number of hydrogen-bond donors (Lipinski definition) is 3. The Morgan fingerprint density at radius 1 is 1.31 bits per heavy atom. The highest BCUT2D eigenvalue weighted by Crippen LogP contribution is 2.18. The highest BCUT2D eigenvalue weighted by molar-refractivity contribution is 5.83. The molecule has 0 aliphatic heterocycles. The zero-order valence-electron chi connectivity index (χ0n) is 10.2. The molecule has 5 heteroatoms. The van der Waals surface area contributed by atoms with Crippen LogP contribution in [0.15, 0.2) is 0 Å². The Bertz CT molecular complexity index is 272. The molecule has 1 rings (SSSR count). The van der Waals surface area contributed by atoms with E-state index < -0.39 is 5.41 Å². The van der Waals surface area contributed by atoms with Crippen LogP contribution < -0.4 is 16.0 Å². The lowest BCUT2D eigenvalue weighted by Crippen LogP contribution is -2.45. The fraction of sp³-hybridized carbons (Fsp3) is 0.818. The van der Waals surface area contributed by atoms with Crippen LogP contribution in [0.2, 0.25) is 0 Å². The summed E-state index contributed by atoms with van der Waals surface area (Å²) in [4.78, 5) is 22.9. The average molecular weight is 227 g/mol. The molecule has 0 saturated heterocycles. The molecule has 0 spiro atoms. The van der Waals surface area contributed by atoms with E-state index >= 15 is 0 Å². The first kappa shape index (κ1) is 13.0. The summed E-state index contributed by atoms with van der Waals surface area (Å²) in [5.74, 6) is -0.119. The second kappa shape index (κ2) is 5.30. The van der Waals surface area contributed by atoms with E-state index in [1.807, 2.05) is 0 Å². The normalized spacial score (nSPS) is 15.7. The predicted molar refractivity (Wildman–Crippen MR) is 61.9 cm³/mol. The van der Waals surface area contributed by atoms with Crippen molar-refractivity contribution in [2.24, 2.45) is 5.41 Å². The zero-order valence-corrected chi connectivity index (χ0v) is 10.2. The lowest BCUT2D eigenvalue weighted by molar-refractivity contribution is -0.129. The summed E-state index contributed by atoms with van der Waals surface area (Å²) in [6.07, 6.45) is 2.33. The molecule has 1 fully saturated rings. The number of rotatable bonds is 6. The molecule has 3 N–H and O–H groups in total. The van der Waals surface area contributed by atoms with Crippen LogP contribution in [0.3, 0.4) is 0 Å². The van der Waals surface area contributed by atoms with Crippen molar-refractivity contribution in [1.29, 1.82) is 0 Å². The maximum atomic E-state index is 11.4. The Hall–Kier alpha value is -1.10. The van der Waals surface area contributed by atoms with E-state index in [4.69, 9.17) is 0 Å². The van der Waals surface area contributed by atoms with Crippen LogP contribution in [0.25, 0.3) is 0 Å². The van der Waals surface area contributed by atoms with E-state index in [1.54, 1.807) is 20.9 Å². The topological polar surface area (TPSA) is 70.2 Å². The standard InChI is InChI=1S/C11H21N3O2/c1-11(2,10(16)12-3)7-14-9(15)6-13-8-4-5-8/h8,13H,4-7H2,1-3H3,(H,12,16)(H,14,15). The second-order valence-corrected chi connectivity index (χ2v) is 4.89. The monoisotopic (exact) mass is 227 g/mol. The zero-order chi connectivity index (χ0) is 12.2. The highest BCUT2D eigenvalue weighted by Gasteiger charge is 2.27. The van der Waals surface area contributed by atoms with Gasteiger partial charge in [-0.05, 0) is 26.7 Å². The van der Waals surface area contributed by atoms with Crippen molar-refractivity contribution < 1.29 is 9.59 Å². The van der Waals surface area contributed by atoms with Crippen molar-refractivity contribution in [3.05, 3.63) is 0 Å². The molecule has 5 nitrogen and oxygen atoms in total. The SMILES string of the molecule is CNC(=O)C(C)(C)CNC(=O)CNC1CC1. The first-order chi connectivity index (χ1) is 7.45. The molecule has 0 bridgehead atoms. The van der Waals surface area contributed by atoms with E-state index in [1.165, 1.54) is 0 Å². The van der Waals surface area contributed by atoms with Gasteiger partial charge in [0, 0.05) is 19.6 Å². The van der Waals surface area contributed by atoms with Gasteiger partial charge in [0.15, 0.2) is 0 Å². The predicted octanol–water partition coefficient (Wildman–Crippen LogP) is -0.373.